The van der Waals surface area contributed by atoms with Crippen molar-refractivity contribution in [3.05, 3.63) is 66.2 Å². The topological polar surface area (TPSA) is 0 Å². The summed E-state index contributed by atoms with van der Waals surface area (Å²) in [6.07, 6.45) is 1.13. The van der Waals surface area contributed by atoms with Crippen LogP contribution in [0.4, 0.5) is 0 Å². The van der Waals surface area contributed by atoms with Gasteiger partial charge in [-0.3, -0.25) is 0 Å². The quantitative estimate of drug-likeness (QED) is 0.698. The Hall–Kier alpha value is -1.21. The molecule has 0 aromatic heterocycles. The van der Waals surface area contributed by atoms with Crippen molar-refractivity contribution in [1.29, 1.82) is 0 Å². The predicted octanol–water partition coefficient (Wildman–Crippen LogP) is 4.41. The first kappa shape index (κ1) is 11.3. The second-order valence-corrected chi connectivity index (χ2v) is 5.44. The first-order valence-corrected chi connectivity index (χ1v) is 6.48. The Morgan fingerprint density at radius 2 is 1.44 bits per heavy atom. The maximum Gasteiger partial charge on any atom is 0.0106 e. The summed E-state index contributed by atoms with van der Waals surface area (Å²) in [4.78, 5) is 1.35. The van der Waals surface area contributed by atoms with Crippen LogP contribution in [0.5, 0.6) is 0 Å². The third-order valence-corrected chi connectivity index (χ3v) is 3.56. The normalized spacial score (nSPS) is 12.3. The van der Waals surface area contributed by atoms with Crippen LogP contribution < -0.4 is 0 Å². The van der Waals surface area contributed by atoms with E-state index in [0.717, 1.165) is 6.42 Å². The zero-order chi connectivity index (χ0) is 11.2. The molecule has 0 amide bonds. The Labute approximate surface area is 102 Å². The molecular weight excluding hydrogens is 212 g/mol. The number of hydrogen-bond acceptors (Lipinski definition) is 1. The molecule has 1 heteroatoms. The van der Waals surface area contributed by atoms with Crippen LogP contribution in [0.1, 0.15) is 12.5 Å². The van der Waals surface area contributed by atoms with Crippen LogP contribution in [0, 0.1) is 0 Å². The molecule has 0 bridgehead atoms. The van der Waals surface area contributed by atoms with Gasteiger partial charge < -0.3 is 0 Å². The fourth-order valence-electron chi connectivity index (χ4n) is 1.72. The van der Waals surface area contributed by atoms with E-state index in [4.69, 9.17) is 0 Å². The van der Waals surface area contributed by atoms with Crippen LogP contribution in [0.25, 0.3) is 0 Å². The molecule has 0 N–H and O–H groups in total. The molecule has 0 aliphatic rings. The average molecular weight is 228 g/mol. The van der Waals surface area contributed by atoms with Crippen molar-refractivity contribution >= 4 is 11.8 Å². The van der Waals surface area contributed by atoms with Crippen LogP contribution in [0.2, 0.25) is 0 Å². The highest BCUT2D eigenvalue weighted by atomic mass is 32.2. The van der Waals surface area contributed by atoms with Crippen LogP contribution >= 0.6 is 11.8 Å². The molecule has 0 saturated carbocycles. The van der Waals surface area contributed by atoms with Crippen molar-refractivity contribution in [1.82, 2.24) is 0 Å². The molecule has 0 nitrogen and oxygen atoms in total. The molecule has 82 valence electrons. The minimum Gasteiger partial charge on any atom is -0.123 e. The predicted molar refractivity (Wildman–Crippen MR) is 71.9 cm³/mol. The minimum absolute atomic E-state index is 0.616. The Kier molecular flexibility index (Phi) is 4.06. The van der Waals surface area contributed by atoms with E-state index < -0.39 is 0 Å². The molecule has 2 aromatic carbocycles. The molecular formula is C15H16S. The highest BCUT2D eigenvalue weighted by molar-refractivity contribution is 7.99. The van der Waals surface area contributed by atoms with Gasteiger partial charge in [0.1, 0.15) is 0 Å². The molecule has 2 rings (SSSR count). The monoisotopic (exact) mass is 228 g/mol. The van der Waals surface area contributed by atoms with E-state index in [-0.39, 0.29) is 0 Å². The third kappa shape index (κ3) is 3.42. The maximum absolute atomic E-state index is 2.28. The highest BCUT2D eigenvalue weighted by Crippen LogP contribution is 2.24. The van der Waals surface area contributed by atoms with Crippen LogP contribution in [-0.2, 0) is 6.42 Å². The van der Waals surface area contributed by atoms with E-state index in [9.17, 15) is 0 Å². The van der Waals surface area contributed by atoms with Gasteiger partial charge in [0.2, 0.25) is 0 Å². The standard InChI is InChI=1S/C15H16S/c1-13(12-14-8-4-2-5-9-14)16-15-10-6-3-7-11-15/h2-11,13H,12H2,1H3. The van der Waals surface area contributed by atoms with E-state index >= 15 is 0 Å². The zero-order valence-electron chi connectivity index (χ0n) is 9.47. The summed E-state index contributed by atoms with van der Waals surface area (Å²) in [7, 11) is 0. The van der Waals surface area contributed by atoms with Gasteiger partial charge in [0, 0.05) is 10.1 Å². The molecule has 0 aliphatic heterocycles. The molecule has 1 unspecified atom stereocenters. The number of benzene rings is 2. The molecule has 2 aromatic rings. The van der Waals surface area contributed by atoms with Gasteiger partial charge in [-0.2, -0.15) is 0 Å². The van der Waals surface area contributed by atoms with Gasteiger partial charge in [0.05, 0.1) is 0 Å². The van der Waals surface area contributed by atoms with E-state index in [1.165, 1.54) is 10.5 Å². The Morgan fingerprint density at radius 3 is 2.06 bits per heavy atom. The smallest absolute Gasteiger partial charge is 0.0106 e. The second kappa shape index (κ2) is 5.76. The van der Waals surface area contributed by atoms with E-state index in [1.807, 2.05) is 11.8 Å². The van der Waals surface area contributed by atoms with Crippen molar-refractivity contribution in [2.45, 2.75) is 23.5 Å². The summed E-state index contributed by atoms with van der Waals surface area (Å²) in [5, 5.41) is 0.616. The largest absolute Gasteiger partial charge is 0.123 e. The van der Waals surface area contributed by atoms with E-state index in [0.29, 0.717) is 5.25 Å². The van der Waals surface area contributed by atoms with Gasteiger partial charge in [-0.15, -0.1) is 11.8 Å². The number of hydrogen-bond donors (Lipinski definition) is 0. The van der Waals surface area contributed by atoms with Crippen LogP contribution in [-0.4, -0.2) is 5.25 Å². The fraction of sp³-hybridized carbons (Fsp3) is 0.200. The van der Waals surface area contributed by atoms with Crippen molar-refractivity contribution in [3.8, 4) is 0 Å². The highest BCUT2D eigenvalue weighted by Gasteiger charge is 2.04. The summed E-state index contributed by atoms with van der Waals surface area (Å²) in [6, 6.07) is 21.3. The number of rotatable bonds is 4. The van der Waals surface area contributed by atoms with E-state index in [1.54, 1.807) is 0 Å². The van der Waals surface area contributed by atoms with Crippen LogP contribution in [0.3, 0.4) is 0 Å². The lowest BCUT2D eigenvalue weighted by Crippen LogP contribution is -2.00. The first-order chi connectivity index (χ1) is 7.84. The van der Waals surface area contributed by atoms with Crippen molar-refractivity contribution in [2.24, 2.45) is 0 Å². The summed E-state index contributed by atoms with van der Waals surface area (Å²) in [5.74, 6) is 0. The van der Waals surface area contributed by atoms with Crippen molar-refractivity contribution in [2.75, 3.05) is 0 Å². The van der Waals surface area contributed by atoms with Crippen molar-refractivity contribution in [3.63, 3.8) is 0 Å². The van der Waals surface area contributed by atoms with Gasteiger partial charge >= 0.3 is 0 Å². The fourth-order valence-corrected chi connectivity index (χ4v) is 2.77. The van der Waals surface area contributed by atoms with Gasteiger partial charge in [0.15, 0.2) is 0 Å². The SMILES string of the molecule is CC(Cc1ccccc1)Sc1ccccc1. The molecule has 0 heterocycles. The summed E-state index contributed by atoms with van der Waals surface area (Å²) < 4.78 is 0. The first-order valence-electron chi connectivity index (χ1n) is 5.60. The second-order valence-electron chi connectivity index (χ2n) is 3.93. The minimum atomic E-state index is 0.616. The van der Waals surface area contributed by atoms with E-state index in [2.05, 4.69) is 67.6 Å². The lowest BCUT2D eigenvalue weighted by molar-refractivity contribution is 0.942. The van der Waals surface area contributed by atoms with Gasteiger partial charge in [0.25, 0.3) is 0 Å². The zero-order valence-corrected chi connectivity index (χ0v) is 10.3. The Morgan fingerprint density at radius 1 is 0.875 bits per heavy atom. The lowest BCUT2D eigenvalue weighted by atomic mass is 10.1. The molecule has 0 radical (unpaired) electrons. The molecule has 0 saturated heterocycles. The Balaban J connectivity index is 1.92. The van der Waals surface area contributed by atoms with Crippen LogP contribution in [0.15, 0.2) is 65.6 Å². The summed E-state index contributed by atoms with van der Waals surface area (Å²) in [5.41, 5.74) is 1.42. The van der Waals surface area contributed by atoms with Crippen molar-refractivity contribution < 1.29 is 0 Å². The molecule has 16 heavy (non-hydrogen) atoms. The average Bonchev–Trinajstić information content (AvgIpc) is 2.31. The third-order valence-electron chi connectivity index (χ3n) is 2.45. The summed E-state index contributed by atoms with van der Waals surface area (Å²) >= 11 is 1.94. The van der Waals surface area contributed by atoms with Gasteiger partial charge in [-0.05, 0) is 24.1 Å². The molecule has 0 fully saturated rings. The maximum atomic E-state index is 2.28. The summed E-state index contributed by atoms with van der Waals surface area (Å²) in [6.45, 7) is 2.28. The number of thioether (sulfide) groups is 1. The molecule has 0 aliphatic carbocycles. The van der Waals surface area contributed by atoms with Gasteiger partial charge in [-0.1, -0.05) is 55.5 Å². The lowest BCUT2D eigenvalue weighted by Gasteiger charge is -2.10. The Bertz CT molecular complexity index is 366. The molecule has 1 atom stereocenters. The molecule has 0 spiro atoms. The van der Waals surface area contributed by atoms with Gasteiger partial charge in [-0.25, -0.2) is 0 Å².